The molecule has 0 heterocycles. The molecule has 0 fully saturated rings. The first-order chi connectivity index (χ1) is 8.49. The third kappa shape index (κ3) is 12.3. The molecule has 0 radical (unpaired) electrons. The monoisotopic (exact) mass is 259 g/mol. The molecular weight excluding hydrogens is 226 g/mol. The van der Waals surface area contributed by atoms with Crippen LogP contribution in [0.1, 0.15) is 53.4 Å². The van der Waals surface area contributed by atoms with Crippen LogP contribution in [-0.2, 0) is 9.47 Å². The van der Waals surface area contributed by atoms with Crippen molar-refractivity contribution < 1.29 is 9.47 Å². The summed E-state index contributed by atoms with van der Waals surface area (Å²) >= 11 is 0. The smallest absolute Gasteiger partial charge is 0.0700 e. The molecule has 0 aromatic heterocycles. The van der Waals surface area contributed by atoms with Crippen LogP contribution in [-0.4, -0.2) is 39.5 Å². The number of methoxy groups -OCH3 is 1. The van der Waals surface area contributed by atoms with Crippen LogP contribution in [0.4, 0.5) is 0 Å². The van der Waals surface area contributed by atoms with Crippen LogP contribution in [0.25, 0.3) is 0 Å². The van der Waals surface area contributed by atoms with Crippen molar-refractivity contribution in [3.63, 3.8) is 0 Å². The van der Waals surface area contributed by atoms with Gasteiger partial charge in [-0.3, -0.25) is 0 Å². The fourth-order valence-electron chi connectivity index (χ4n) is 1.77. The van der Waals surface area contributed by atoms with Crippen molar-refractivity contribution in [2.75, 3.05) is 33.5 Å². The van der Waals surface area contributed by atoms with E-state index in [9.17, 15) is 0 Å². The van der Waals surface area contributed by atoms with E-state index in [2.05, 4.69) is 33.0 Å². The van der Waals surface area contributed by atoms with Gasteiger partial charge < -0.3 is 14.8 Å². The molecular formula is C15H33NO2. The van der Waals surface area contributed by atoms with Gasteiger partial charge in [0.1, 0.15) is 0 Å². The van der Waals surface area contributed by atoms with E-state index < -0.39 is 0 Å². The SMILES string of the molecule is CCCNC(CCOCCOC)CCC(C)(C)C. The minimum absolute atomic E-state index is 0.420. The van der Waals surface area contributed by atoms with Gasteiger partial charge in [0, 0.05) is 19.8 Å². The summed E-state index contributed by atoms with van der Waals surface area (Å²) in [5.41, 5.74) is 0.420. The lowest BCUT2D eigenvalue weighted by molar-refractivity contribution is 0.0649. The molecule has 0 saturated heterocycles. The van der Waals surface area contributed by atoms with E-state index in [0.29, 0.717) is 24.7 Å². The first-order valence-corrected chi connectivity index (χ1v) is 7.29. The van der Waals surface area contributed by atoms with Crippen LogP contribution in [0, 0.1) is 5.41 Å². The number of nitrogens with one attached hydrogen (secondary N) is 1. The molecule has 110 valence electrons. The van der Waals surface area contributed by atoms with Crippen molar-refractivity contribution in [1.82, 2.24) is 5.32 Å². The Balaban J connectivity index is 3.76. The number of hydrogen-bond acceptors (Lipinski definition) is 3. The zero-order chi connectivity index (χ0) is 13.9. The maximum atomic E-state index is 5.55. The quantitative estimate of drug-likeness (QED) is 0.578. The molecule has 3 heteroatoms. The Morgan fingerprint density at radius 3 is 2.33 bits per heavy atom. The lowest BCUT2D eigenvalue weighted by Crippen LogP contribution is -2.32. The normalized spacial score (nSPS) is 13.8. The van der Waals surface area contributed by atoms with Gasteiger partial charge in [0.2, 0.25) is 0 Å². The summed E-state index contributed by atoms with van der Waals surface area (Å²) in [7, 11) is 1.71. The van der Waals surface area contributed by atoms with Crippen molar-refractivity contribution in [1.29, 1.82) is 0 Å². The Morgan fingerprint density at radius 1 is 1.06 bits per heavy atom. The van der Waals surface area contributed by atoms with Crippen molar-refractivity contribution in [2.45, 2.75) is 59.4 Å². The van der Waals surface area contributed by atoms with E-state index in [1.165, 1.54) is 19.3 Å². The van der Waals surface area contributed by atoms with Gasteiger partial charge in [-0.2, -0.15) is 0 Å². The van der Waals surface area contributed by atoms with Crippen LogP contribution < -0.4 is 5.32 Å². The van der Waals surface area contributed by atoms with Crippen molar-refractivity contribution in [3.8, 4) is 0 Å². The molecule has 0 saturated carbocycles. The van der Waals surface area contributed by atoms with Gasteiger partial charge in [0.15, 0.2) is 0 Å². The van der Waals surface area contributed by atoms with Crippen LogP contribution >= 0.6 is 0 Å². The van der Waals surface area contributed by atoms with Crippen LogP contribution in [0.5, 0.6) is 0 Å². The van der Waals surface area contributed by atoms with E-state index >= 15 is 0 Å². The second-order valence-electron chi connectivity index (χ2n) is 6.14. The molecule has 1 unspecified atom stereocenters. The maximum Gasteiger partial charge on any atom is 0.0700 e. The molecule has 0 aliphatic heterocycles. The van der Waals surface area contributed by atoms with Crippen molar-refractivity contribution >= 4 is 0 Å². The Kier molecular flexibility index (Phi) is 10.7. The fourth-order valence-corrected chi connectivity index (χ4v) is 1.77. The Bertz CT molecular complexity index is 178. The van der Waals surface area contributed by atoms with Crippen LogP contribution in [0.3, 0.4) is 0 Å². The number of ether oxygens (including phenoxy) is 2. The van der Waals surface area contributed by atoms with E-state index in [1.54, 1.807) is 7.11 Å². The van der Waals surface area contributed by atoms with Gasteiger partial charge in [-0.1, -0.05) is 27.7 Å². The average molecular weight is 259 g/mol. The molecule has 0 bridgehead atoms. The largest absolute Gasteiger partial charge is 0.382 e. The highest BCUT2D eigenvalue weighted by atomic mass is 16.5. The molecule has 1 N–H and O–H groups in total. The molecule has 0 aromatic rings. The summed E-state index contributed by atoms with van der Waals surface area (Å²) in [6.45, 7) is 12.5. The highest BCUT2D eigenvalue weighted by molar-refractivity contribution is 4.71. The topological polar surface area (TPSA) is 30.5 Å². The zero-order valence-electron chi connectivity index (χ0n) is 13.1. The lowest BCUT2D eigenvalue weighted by atomic mass is 9.88. The summed E-state index contributed by atoms with van der Waals surface area (Å²) in [5.74, 6) is 0. The third-order valence-corrected chi connectivity index (χ3v) is 2.97. The first-order valence-electron chi connectivity index (χ1n) is 7.29. The highest BCUT2D eigenvalue weighted by Crippen LogP contribution is 2.22. The van der Waals surface area contributed by atoms with Crippen LogP contribution in [0.2, 0.25) is 0 Å². The van der Waals surface area contributed by atoms with Gasteiger partial charge in [-0.25, -0.2) is 0 Å². The Labute approximate surface area is 114 Å². The number of rotatable bonds is 11. The molecule has 0 aliphatic rings. The van der Waals surface area contributed by atoms with E-state index in [-0.39, 0.29) is 0 Å². The molecule has 1 atom stereocenters. The van der Waals surface area contributed by atoms with Crippen molar-refractivity contribution in [3.05, 3.63) is 0 Å². The van der Waals surface area contributed by atoms with Crippen molar-refractivity contribution in [2.24, 2.45) is 5.41 Å². The van der Waals surface area contributed by atoms with Gasteiger partial charge in [-0.15, -0.1) is 0 Å². The molecule has 0 spiro atoms. The van der Waals surface area contributed by atoms with Gasteiger partial charge in [0.25, 0.3) is 0 Å². The molecule has 3 nitrogen and oxygen atoms in total. The molecule has 0 aliphatic carbocycles. The minimum Gasteiger partial charge on any atom is -0.382 e. The molecule has 0 aromatic carbocycles. The second-order valence-corrected chi connectivity index (χ2v) is 6.14. The van der Waals surface area contributed by atoms with E-state index in [0.717, 1.165) is 19.6 Å². The maximum absolute atomic E-state index is 5.55. The fraction of sp³-hybridized carbons (Fsp3) is 1.00. The second kappa shape index (κ2) is 10.8. The summed E-state index contributed by atoms with van der Waals surface area (Å²) in [4.78, 5) is 0. The van der Waals surface area contributed by atoms with Crippen LogP contribution in [0.15, 0.2) is 0 Å². The summed E-state index contributed by atoms with van der Waals surface area (Å²) < 4.78 is 10.5. The van der Waals surface area contributed by atoms with Gasteiger partial charge in [-0.05, 0) is 37.6 Å². The van der Waals surface area contributed by atoms with Gasteiger partial charge >= 0.3 is 0 Å². The Morgan fingerprint density at radius 2 is 1.78 bits per heavy atom. The average Bonchev–Trinajstić information content (AvgIpc) is 2.30. The Hall–Kier alpha value is -0.120. The summed E-state index contributed by atoms with van der Waals surface area (Å²) in [6, 6.07) is 0.590. The molecule has 0 rings (SSSR count). The zero-order valence-corrected chi connectivity index (χ0v) is 13.1. The molecule has 0 amide bonds. The standard InChI is InChI=1S/C15H33NO2/c1-6-10-16-14(7-9-15(2,3)4)8-11-18-13-12-17-5/h14,16H,6-13H2,1-5H3. The van der Waals surface area contributed by atoms with Gasteiger partial charge in [0.05, 0.1) is 13.2 Å². The third-order valence-electron chi connectivity index (χ3n) is 2.97. The summed E-state index contributed by atoms with van der Waals surface area (Å²) in [6.07, 6.45) is 4.78. The number of hydrogen-bond donors (Lipinski definition) is 1. The summed E-state index contributed by atoms with van der Waals surface area (Å²) in [5, 5.41) is 3.62. The molecule has 18 heavy (non-hydrogen) atoms. The lowest BCUT2D eigenvalue weighted by Gasteiger charge is -2.24. The minimum atomic E-state index is 0.420. The van der Waals surface area contributed by atoms with E-state index in [1.807, 2.05) is 0 Å². The predicted molar refractivity (Wildman–Crippen MR) is 78.1 cm³/mol. The first kappa shape index (κ1) is 17.9. The predicted octanol–water partition coefficient (Wildman–Crippen LogP) is 3.23. The van der Waals surface area contributed by atoms with E-state index in [4.69, 9.17) is 9.47 Å². The highest BCUT2D eigenvalue weighted by Gasteiger charge is 2.14.